The first-order chi connectivity index (χ1) is 18.6. The fraction of sp³-hybridized carbons (Fsp3) is 0.0588. The molecule has 4 heteroatoms. The molecule has 6 aromatic rings. The van der Waals surface area contributed by atoms with E-state index in [0.717, 1.165) is 0 Å². The Labute approximate surface area is 248 Å². The SMILES string of the molecule is Cc1ccc([Se]c2cccc3cccc([Se][Se]c4cccc5cccc([Se]c6ccc(C)cc6)c45)c23)cc1. The molecule has 0 atom stereocenters. The third-order valence-electron chi connectivity index (χ3n) is 6.38. The van der Waals surface area contributed by atoms with Crippen LogP contribution in [0.1, 0.15) is 11.1 Å². The van der Waals surface area contributed by atoms with E-state index in [0.29, 0.717) is 56.2 Å². The zero-order valence-electron chi connectivity index (χ0n) is 21.2. The first-order valence-electron chi connectivity index (χ1n) is 12.5. The number of benzene rings is 6. The van der Waals surface area contributed by atoms with Crippen LogP contribution < -0.4 is 26.8 Å². The number of hydrogen-bond acceptors (Lipinski definition) is 0. The Balaban J connectivity index is 1.34. The van der Waals surface area contributed by atoms with Gasteiger partial charge in [0, 0.05) is 0 Å². The summed E-state index contributed by atoms with van der Waals surface area (Å²) in [6, 6.07) is 45.8. The van der Waals surface area contributed by atoms with Crippen LogP contribution in [0.5, 0.6) is 0 Å². The van der Waals surface area contributed by atoms with Crippen LogP contribution in [0.2, 0.25) is 0 Å². The molecule has 0 aromatic heterocycles. The molecule has 0 aliphatic rings. The van der Waals surface area contributed by atoms with Crippen molar-refractivity contribution in [1.29, 1.82) is 0 Å². The second-order valence-electron chi connectivity index (χ2n) is 9.22. The van der Waals surface area contributed by atoms with Gasteiger partial charge in [0.15, 0.2) is 0 Å². The average molecular weight is 750 g/mol. The zero-order chi connectivity index (χ0) is 25.9. The monoisotopic (exact) mass is 754 g/mol. The van der Waals surface area contributed by atoms with Crippen LogP contribution >= 0.6 is 0 Å². The molecule has 0 saturated heterocycles. The predicted octanol–water partition coefficient (Wildman–Crippen LogP) is 3.19. The second kappa shape index (κ2) is 12.0. The summed E-state index contributed by atoms with van der Waals surface area (Å²) in [7, 11) is 0. The van der Waals surface area contributed by atoms with Gasteiger partial charge in [-0.15, -0.1) is 0 Å². The molecule has 0 amide bonds. The van der Waals surface area contributed by atoms with Gasteiger partial charge in [-0.3, -0.25) is 0 Å². The van der Waals surface area contributed by atoms with Crippen LogP contribution in [0.3, 0.4) is 0 Å². The van der Waals surface area contributed by atoms with Crippen molar-refractivity contribution in [1.82, 2.24) is 0 Å². The normalized spacial score (nSPS) is 11.3. The standard InChI is InChI=1S/C34H26Se4/c1-23-15-19-27(20-16-23)35-29-11-3-7-25-9-5-13-31(33(25)29)37-38-32-14-6-10-26-8-4-12-30(34(26)32)36-28-21-17-24(2)18-22-28/h3-22H,1-2H3. The summed E-state index contributed by atoms with van der Waals surface area (Å²) in [4.78, 5) is 0. The summed E-state index contributed by atoms with van der Waals surface area (Å²) < 4.78 is 9.01. The van der Waals surface area contributed by atoms with Crippen LogP contribution in [0.25, 0.3) is 21.5 Å². The van der Waals surface area contributed by atoms with Gasteiger partial charge in [0.2, 0.25) is 0 Å². The summed E-state index contributed by atoms with van der Waals surface area (Å²) in [6.07, 6.45) is 0. The molecule has 0 radical (unpaired) electrons. The Morgan fingerprint density at radius 1 is 0.368 bits per heavy atom. The third kappa shape index (κ3) is 5.90. The summed E-state index contributed by atoms with van der Waals surface area (Å²) in [5.41, 5.74) is 2.65. The molecule has 0 heterocycles. The van der Waals surface area contributed by atoms with Crippen LogP contribution in [0.4, 0.5) is 0 Å². The van der Waals surface area contributed by atoms with E-state index >= 15 is 0 Å². The van der Waals surface area contributed by atoms with E-state index in [2.05, 4.69) is 135 Å². The fourth-order valence-corrected chi connectivity index (χ4v) is 16.5. The zero-order valence-corrected chi connectivity index (χ0v) is 28.0. The van der Waals surface area contributed by atoms with Crippen molar-refractivity contribution in [2.75, 3.05) is 0 Å². The Bertz CT molecular complexity index is 1580. The van der Waals surface area contributed by atoms with Crippen molar-refractivity contribution in [3.05, 3.63) is 132 Å². The molecule has 0 spiro atoms. The van der Waals surface area contributed by atoms with Gasteiger partial charge in [-0.1, -0.05) is 0 Å². The summed E-state index contributed by atoms with van der Waals surface area (Å²) in [5, 5.41) is 5.77. The van der Waals surface area contributed by atoms with Crippen molar-refractivity contribution in [3.8, 4) is 0 Å². The molecule has 0 fully saturated rings. The van der Waals surface area contributed by atoms with Gasteiger partial charge in [-0.2, -0.15) is 0 Å². The van der Waals surface area contributed by atoms with E-state index in [1.54, 1.807) is 8.92 Å². The maximum atomic E-state index is 2.39. The van der Waals surface area contributed by atoms with Crippen LogP contribution in [-0.4, -0.2) is 56.2 Å². The molecule has 0 unspecified atom stereocenters. The van der Waals surface area contributed by atoms with Gasteiger partial charge in [0.1, 0.15) is 0 Å². The first kappa shape index (κ1) is 26.2. The molecule has 0 aliphatic carbocycles. The van der Waals surface area contributed by atoms with E-state index in [1.807, 2.05) is 0 Å². The first-order valence-corrected chi connectivity index (χ1v) is 22.0. The topological polar surface area (TPSA) is 0 Å². The Morgan fingerprint density at radius 3 is 1.08 bits per heavy atom. The molecule has 0 aliphatic heterocycles. The minimum absolute atomic E-state index is 0.301. The van der Waals surface area contributed by atoms with E-state index < -0.39 is 0 Å². The molecule has 0 bridgehead atoms. The molecule has 0 N–H and O–H groups in total. The quantitative estimate of drug-likeness (QED) is 0.220. The van der Waals surface area contributed by atoms with Gasteiger partial charge in [0.05, 0.1) is 0 Å². The van der Waals surface area contributed by atoms with Crippen LogP contribution in [0.15, 0.2) is 121 Å². The van der Waals surface area contributed by atoms with Gasteiger partial charge in [0.25, 0.3) is 0 Å². The number of aryl methyl sites for hydroxylation is 2. The van der Waals surface area contributed by atoms with E-state index in [9.17, 15) is 0 Å². The average Bonchev–Trinajstić information content (AvgIpc) is 2.94. The summed E-state index contributed by atoms with van der Waals surface area (Å²) in [6.45, 7) is 4.33. The molecule has 38 heavy (non-hydrogen) atoms. The summed E-state index contributed by atoms with van der Waals surface area (Å²) in [5.74, 6) is 0. The molecule has 6 aromatic carbocycles. The van der Waals surface area contributed by atoms with Gasteiger partial charge in [-0.25, -0.2) is 0 Å². The molecule has 0 nitrogen and oxygen atoms in total. The number of rotatable bonds is 7. The third-order valence-corrected chi connectivity index (χ3v) is 18.0. The van der Waals surface area contributed by atoms with Gasteiger partial charge >= 0.3 is 251 Å². The fourth-order valence-electron chi connectivity index (χ4n) is 4.41. The number of fused-ring (bicyclic) bond motifs is 2. The van der Waals surface area contributed by atoms with E-state index in [4.69, 9.17) is 0 Å². The molecular weight excluding hydrogens is 724 g/mol. The van der Waals surface area contributed by atoms with Crippen molar-refractivity contribution >= 4 is 104 Å². The second-order valence-corrected chi connectivity index (χ2v) is 20.1. The molecular formula is C34H26Se4. The Hall–Kier alpha value is -2.08. The van der Waals surface area contributed by atoms with Crippen molar-refractivity contribution < 1.29 is 0 Å². The van der Waals surface area contributed by atoms with Gasteiger partial charge in [-0.05, 0) is 0 Å². The maximum absolute atomic E-state index is 2.39. The van der Waals surface area contributed by atoms with Crippen molar-refractivity contribution in [2.45, 2.75) is 13.8 Å². The van der Waals surface area contributed by atoms with Crippen LogP contribution in [0, 0.1) is 13.8 Å². The Kier molecular flexibility index (Phi) is 8.24. The predicted molar refractivity (Wildman–Crippen MR) is 171 cm³/mol. The number of hydrogen-bond donors (Lipinski definition) is 0. The van der Waals surface area contributed by atoms with E-state index in [1.165, 1.54) is 50.5 Å². The molecule has 6 rings (SSSR count). The van der Waals surface area contributed by atoms with Crippen molar-refractivity contribution in [3.63, 3.8) is 0 Å². The summed E-state index contributed by atoms with van der Waals surface area (Å²) >= 11 is 1.42. The minimum atomic E-state index is 0.301. The Morgan fingerprint density at radius 2 is 0.711 bits per heavy atom. The van der Waals surface area contributed by atoms with Crippen LogP contribution in [-0.2, 0) is 0 Å². The molecule has 186 valence electrons. The van der Waals surface area contributed by atoms with Crippen molar-refractivity contribution in [2.24, 2.45) is 0 Å². The van der Waals surface area contributed by atoms with E-state index in [-0.39, 0.29) is 0 Å². The van der Waals surface area contributed by atoms with Gasteiger partial charge < -0.3 is 0 Å². The molecule has 0 saturated carbocycles.